The van der Waals surface area contributed by atoms with Crippen LogP contribution in [0.3, 0.4) is 0 Å². The first-order valence-electron chi connectivity index (χ1n) is 13.2. The van der Waals surface area contributed by atoms with Crippen molar-refractivity contribution in [1.82, 2.24) is 19.7 Å². The summed E-state index contributed by atoms with van der Waals surface area (Å²) in [6.07, 6.45) is 12.0. The van der Waals surface area contributed by atoms with Crippen LogP contribution in [0.25, 0.3) is 0 Å². The Kier molecular flexibility index (Phi) is 6.91. The number of nitrogens with zero attached hydrogens (tertiary/aromatic N) is 6. The molecule has 32 heavy (non-hydrogen) atoms. The van der Waals surface area contributed by atoms with Crippen LogP contribution in [0.2, 0.25) is 0 Å². The predicted molar refractivity (Wildman–Crippen MR) is 134 cm³/mol. The average molecular weight is 441 g/mol. The molecule has 4 heterocycles. The summed E-state index contributed by atoms with van der Waals surface area (Å²) in [5.41, 5.74) is 1.90. The molecule has 6 heteroatoms. The van der Waals surface area contributed by atoms with Crippen LogP contribution in [0.1, 0.15) is 44.9 Å². The third-order valence-electron chi connectivity index (χ3n) is 8.93. The van der Waals surface area contributed by atoms with Crippen LogP contribution in [0.4, 0.5) is 11.5 Å². The molecule has 1 aromatic rings. The number of aromatic nitrogens is 1. The first kappa shape index (κ1) is 22.4. The number of likely N-dealkylation sites (N-methyl/N-ethyl adjacent to an activating group) is 1. The van der Waals surface area contributed by atoms with E-state index in [0.29, 0.717) is 5.41 Å². The molecule has 178 valence electrons. The lowest BCUT2D eigenvalue weighted by atomic mass is 9.70. The Balaban J connectivity index is 1.08. The third-order valence-corrected chi connectivity index (χ3v) is 8.93. The summed E-state index contributed by atoms with van der Waals surface area (Å²) in [5, 5.41) is 0. The van der Waals surface area contributed by atoms with Gasteiger partial charge in [0.1, 0.15) is 5.82 Å². The quantitative estimate of drug-likeness (QED) is 0.676. The highest BCUT2D eigenvalue weighted by molar-refractivity contribution is 5.51. The van der Waals surface area contributed by atoms with Crippen molar-refractivity contribution in [2.24, 2.45) is 5.41 Å². The van der Waals surface area contributed by atoms with Crippen molar-refractivity contribution < 1.29 is 0 Å². The molecule has 4 fully saturated rings. The van der Waals surface area contributed by atoms with E-state index in [-0.39, 0.29) is 0 Å². The molecule has 1 spiro atoms. The number of anilines is 2. The first-order chi connectivity index (χ1) is 15.6. The van der Waals surface area contributed by atoms with Crippen molar-refractivity contribution >= 4 is 11.5 Å². The van der Waals surface area contributed by atoms with E-state index in [9.17, 15) is 0 Å². The van der Waals surface area contributed by atoms with Gasteiger partial charge in [0.2, 0.25) is 0 Å². The lowest BCUT2D eigenvalue weighted by molar-refractivity contribution is 0.0305. The Bertz CT molecular complexity index is 704. The fourth-order valence-corrected chi connectivity index (χ4v) is 6.15. The molecule has 0 N–H and O–H groups in total. The van der Waals surface area contributed by atoms with Crippen molar-refractivity contribution in [2.45, 2.75) is 51.0 Å². The Hall–Kier alpha value is -1.37. The first-order valence-corrected chi connectivity index (χ1v) is 13.2. The minimum atomic E-state index is 0.614. The maximum atomic E-state index is 4.90. The number of hydrogen-bond donors (Lipinski definition) is 0. The van der Waals surface area contributed by atoms with Crippen LogP contribution in [0.15, 0.2) is 18.3 Å². The van der Waals surface area contributed by atoms with Gasteiger partial charge in [-0.15, -0.1) is 0 Å². The number of pyridine rings is 1. The van der Waals surface area contributed by atoms with E-state index < -0.39 is 0 Å². The minimum absolute atomic E-state index is 0.614. The second-order valence-corrected chi connectivity index (χ2v) is 11.1. The number of piperidine rings is 2. The molecule has 6 nitrogen and oxygen atoms in total. The van der Waals surface area contributed by atoms with Gasteiger partial charge in [-0.25, -0.2) is 4.98 Å². The molecule has 1 saturated carbocycles. The van der Waals surface area contributed by atoms with Crippen LogP contribution in [0.5, 0.6) is 0 Å². The Morgan fingerprint density at radius 3 is 2.12 bits per heavy atom. The van der Waals surface area contributed by atoms with Crippen LogP contribution in [0, 0.1) is 5.41 Å². The molecule has 0 aromatic carbocycles. The summed E-state index contributed by atoms with van der Waals surface area (Å²) >= 11 is 0. The Labute approximate surface area is 195 Å². The number of rotatable bonds is 6. The third kappa shape index (κ3) is 5.07. The van der Waals surface area contributed by atoms with Crippen molar-refractivity contribution in [3.8, 4) is 0 Å². The van der Waals surface area contributed by atoms with Crippen molar-refractivity contribution in [2.75, 3.05) is 89.3 Å². The van der Waals surface area contributed by atoms with Crippen LogP contribution in [-0.2, 0) is 0 Å². The normalized spacial score (nSPS) is 25.5. The SMILES string of the molecule is CN(C)CCN1CCN(c2ccc(N3CCC4(CC3)CCN(C3CCC3)CC4)nc2)CC1. The Morgan fingerprint density at radius 2 is 1.56 bits per heavy atom. The van der Waals surface area contributed by atoms with Gasteiger partial charge in [0, 0.05) is 58.4 Å². The molecule has 0 amide bonds. The zero-order chi connectivity index (χ0) is 22.0. The average Bonchev–Trinajstić information content (AvgIpc) is 2.79. The maximum Gasteiger partial charge on any atom is 0.128 e. The van der Waals surface area contributed by atoms with Crippen molar-refractivity contribution in [3.05, 3.63) is 18.3 Å². The topological polar surface area (TPSA) is 29.1 Å². The summed E-state index contributed by atoms with van der Waals surface area (Å²) in [6, 6.07) is 5.50. The van der Waals surface area contributed by atoms with Gasteiger partial charge in [-0.3, -0.25) is 4.90 Å². The predicted octanol–water partition coefficient (Wildman–Crippen LogP) is 3.00. The molecule has 0 radical (unpaired) electrons. The van der Waals surface area contributed by atoms with Gasteiger partial charge in [-0.05, 0) is 83.3 Å². The highest BCUT2D eigenvalue weighted by Gasteiger charge is 2.39. The maximum absolute atomic E-state index is 4.90. The fraction of sp³-hybridized carbons (Fsp3) is 0.808. The number of piperazine rings is 1. The van der Waals surface area contributed by atoms with Gasteiger partial charge in [-0.2, -0.15) is 0 Å². The van der Waals surface area contributed by atoms with Crippen LogP contribution >= 0.6 is 0 Å². The zero-order valence-electron chi connectivity index (χ0n) is 20.5. The van der Waals surface area contributed by atoms with Crippen LogP contribution in [-0.4, -0.2) is 105 Å². The molecule has 4 aliphatic rings. The molecule has 1 aliphatic carbocycles. The van der Waals surface area contributed by atoms with Gasteiger partial charge in [0.05, 0.1) is 11.9 Å². The molecule has 1 aromatic heterocycles. The highest BCUT2D eigenvalue weighted by atomic mass is 15.3. The largest absolute Gasteiger partial charge is 0.368 e. The number of hydrogen-bond acceptors (Lipinski definition) is 6. The van der Waals surface area contributed by atoms with Crippen molar-refractivity contribution in [3.63, 3.8) is 0 Å². The van der Waals surface area contributed by atoms with E-state index in [4.69, 9.17) is 4.98 Å². The summed E-state index contributed by atoms with van der Waals surface area (Å²) in [7, 11) is 4.31. The minimum Gasteiger partial charge on any atom is -0.368 e. The molecule has 3 saturated heterocycles. The van der Waals surface area contributed by atoms with E-state index in [1.54, 1.807) is 0 Å². The van der Waals surface area contributed by atoms with Gasteiger partial charge in [-0.1, -0.05) is 6.42 Å². The second kappa shape index (κ2) is 9.86. The molecule has 0 atom stereocenters. The molecule has 0 bridgehead atoms. The van der Waals surface area contributed by atoms with E-state index in [2.05, 4.69) is 56.9 Å². The van der Waals surface area contributed by atoms with E-state index in [1.807, 2.05) is 0 Å². The summed E-state index contributed by atoms with van der Waals surface area (Å²) < 4.78 is 0. The monoisotopic (exact) mass is 440 g/mol. The molecule has 5 rings (SSSR count). The zero-order valence-corrected chi connectivity index (χ0v) is 20.5. The lowest BCUT2D eigenvalue weighted by Gasteiger charge is -2.50. The summed E-state index contributed by atoms with van der Waals surface area (Å²) in [5.74, 6) is 1.18. The van der Waals surface area contributed by atoms with E-state index in [1.165, 1.54) is 89.2 Å². The Morgan fingerprint density at radius 1 is 0.875 bits per heavy atom. The standard InChI is InChI=1S/C26H44N6/c1-28(2)16-17-29-18-20-31(21-19-29)24-6-7-25(27-22-24)32-14-10-26(11-15-32)8-12-30(13-9-26)23-4-3-5-23/h6-7,22-23H,3-5,8-21H2,1-2H3. The van der Waals surface area contributed by atoms with Gasteiger partial charge >= 0.3 is 0 Å². The highest BCUT2D eigenvalue weighted by Crippen LogP contribution is 2.43. The summed E-state index contributed by atoms with van der Waals surface area (Å²) in [4.78, 5) is 17.6. The second-order valence-electron chi connectivity index (χ2n) is 11.1. The van der Waals surface area contributed by atoms with Gasteiger partial charge < -0.3 is 19.6 Å². The molecule has 0 unspecified atom stereocenters. The number of likely N-dealkylation sites (tertiary alicyclic amines) is 1. The van der Waals surface area contributed by atoms with Crippen molar-refractivity contribution in [1.29, 1.82) is 0 Å². The molecular formula is C26H44N6. The fourth-order valence-electron chi connectivity index (χ4n) is 6.15. The van der Waals surface area contributed by atoms with E-state index >= 15 is 0 Å². The summed E-state index contributed by atoms with van der Waals surface area (Å²) in [6.45, 7) is 11.9. The molecule has 3 aliphatic heterocycles. The van der Waals surface area contributed by atoms with Crippen LogP contribution < -0.4 is 9.80 Å². The van der Waals surface area contributed by atoms with E-state index in [0.717, 1.165) is 38.8 Å². The smallest absolute Gasteiger partial charge is 0.128 e. The molecular weight excluding hydrogens is 396 g/mol. The van der Waals surface area contributed by atoms with Gasteiger partial charge in [0.15, 0.2) is 0 Å². The lowest BCUT2D eigenvalue weighted by Crippen LogP contribution is -2.51. The van der Waals surface area contributed by atoms with Gasteiger partial charge in [0.25, 0.3) is 0 Å².